The van der Waals surface area contributed by atoms with Crippen LogP contribution in [0.3, 0.4) is 0 Å². The molecule has 0 saturated carbocycles. The van der Waals surface area contributed by atoms with E-state index in [0.717, 1.165) is 45.4 Å². The lowest BCUT2D eigenvalue weighted by Crippen LogP contribution is -2.56. The molecule has 0 radical (unpaired) electrons. The van der Waals surface area contributed by atoms with E-state index in [-0.39, 0.29) is 11.7 Å². The third-order valence-corrected chi connectivity index (χ3v) is 7.88. The zero-order chi connectivity index (χ0) is 25.0. The second-order valence-electron chi connectivity index (χ2n) is 9.93. The third kappa shape index (κ3) is 3.27. The van der Waals surface area contributed by atoms with Crippen LogP contribution in [0.4, 0.5) is 10.1 Å². The number of nitrogens with one attached hydrogen (secondary N) is 1. The Hall–Kier alpha value is -4.22. The number of aromatic amines is 1. The van der Waals surface area contributed by atoms with Gasteiger partial charge in [-0.15, -0.1) is 0 Å². The van der Waals surface area contributed by atoms with Gasteiger partial charge >= 0.3 is 0 Å². The van der Waals surface area contributed by atoms with Crippen LogP contribution in [0.15, 0.2) is 103 Å². The summed E-state index contributed by atoms with van der Waals surface area (Å²) >= 11 is 0. The van der Waals surface area contributed by atoms with E-state index in [1.165, 1.54) is 6.07 Å². The van der Waals surface area contributed by atoms with Gasteiger partial charge in [-0.1, -0.05) is 78.9 Å². The number of hydrogen-bond donors (Lipinski definition) is 1. The summed E-state index contributed by atoms with van der Waals surface area (Å²) in [5.41, 5.74) is 5.49. The lowest BCUT2D eigenvalue weighted by Gasteiger charge is -2.43. The molecule has 2 aliphatic rings. The second kappa shape index (κ2) is 8.43. The normalized spacial score (nSPS) is 18.9. The second-order valence-corrected chi connectivity index (χ2v) is 9.93. The molecule has 2 aliphatic heterocycles. The van der Waals surface area contributed by atoms with Crippen molar-refractivity contribution in [2.75, 3.05) is 11.4 Å². The molecule has 5 heteroatoms. The highest BCUT2D eigenvalue weighted by molar-refractivity contribution is 6.11. The van der Waals surface area contributed by atoms with Gasteiger partial charge in [0.15, 0.2) is 5.54 Å². The van der Waals surface area contributed by atoms with Crippen molar-refractivity contribution in [1.29, 1.82) is 0 Å². The molecule has 0 aliphatic carbocycles. The molecule has 37 heavy (non-hydrogen) atoms. The first-order valence-electron chi connectivity index (χ1n) is 12.7. The number of halogens is 1. The summed E-state index contributed by atoms with van der Waals surface area (Å²) in [5.74, 6) is -0.379. The van der Waals surface area contributed by atoms with Crippen molar-refractivity contribution in [1.82, 2.24) is 9.88 Å². The van der Waals surface area contributed by atoms with Crippen LogP contribution in [0.25, 0.3) is 10.9 Å². The minimum Gasteiger partial charge on any atom is -0.356 e. The zero-order valence-corrected chi connectivity index (χ0v) is 20.3. The molecule has 182 valence electrons. The number of carbonyl (C=O) groups is 1. The molecule has 5 aromatic rings. The maximum Gasteiger partial charge on any atom is 0.258 e. The highest BCUT2D eigenvalue weighted by Gasteiger charge is 2.59. The minimum atomic E-state index is -1.14. The number of para-hydroxylation sites is 1. The number of rotatable bonds is 4. The first-order valence-corrected chi connectivity index (χ1v) is 12.7. The molecule has 1 spiro atoms. The Morgan fingerprint density at radius 2 is 1.49 bits per heavy atom. The number of fused-ring (bicyclic) bond motifs is 6. The molecular weight excluding hydrogens is 461 g/mol. The largest absolute Gasteiger partial charge is 0.356 e. The number of benzene rings is 4. The predicted octanol–water partition coefficient (Wildman–Crippen LogP) is 6.16. The first kappa shape index (κ1) is 22.0. The SMILES string of the molecule is O=C1N(Cc2ccccc2)c2ccc(F)cc2[C@]12c1[nH]c3ccccc3c1CCN2Cc1ccccc1. The van der Waals surface area contributed by atoms with E-state index in [1.807, 2.05) is 65.6 Å². The number of H-pyrrole nitrogens is 1. The smallest absolute Gasteiger partial charge is 0.258 e. The molecule has 0 bridgehead atoms. The van der Waals surface area contributed by atoms with E-state index < -0.39 is 5.54 Å². The van der Waals surface area contributed by atoms with Gasteiger partial charge < -0.3 is 9.88 Å². The van der Waals surface area contributed by atoms with Crippen LogP contribution >= 0.6 is 0 Å². The van der Waals surface area contributed by atoms with Crippen molar-refractivity contribution in [3.05, 3.63) is 137 Å². The van der Waals surface area contributed by atoms with Gasteiger partial charge in [-0.3, -0.25) is 9.69 Å². The van der Waals surface area contributed by atoms with Crippen molar-refractivity contribution in [3.63, 3.8) is 0 Å². The average molecular weight is 488 g/mol. The first-order chi connectivity index (χ1) is 18.2. The molecule has 1 atom stereocenters. The van der Waals surface area contributed by atoms with Crippen molar-refractivity contribution in [3.8, 4) is 0 Å². The summed E-state index contributed by atoms with van der Waals surface area (Å²) in [6, 6.07) is 33.2. The molecule has 1 N–H and O–H groups in total. The molecule has 0 saturated heterocycles. The lowest BCUT2D eigenvalue weighted by atomic mass is 9.79. The molecule has 3 heterocycles. The lowest BCUT2D eigenvalue weighted by molar-refractivity contribution is -0.129. The van der Waals surface area contributed by atoms with Crippen LogP contribution in [0.5, 0.6) is 0 Å². The Labute approximate surface area is 215 Å². The Morgan fingerprint density at radius 1 is 0.811 bits per heavy atom. The van der Waals surface area contributed by atoms with E-state index in [9.17, 15) is 9.18 Å². The fourth-order valence-corrected chi connectivity index (χ4v) is 6.27. The summed E-state index contributed by atoms with van der Waals surface area (Å²) in [7, 11) is 0. The van der Waals surface area contributed by atoms with Gasteiger partial charge in [0.25, 0.3) is 5.91 Å². The van der Waals surface area contributed by atoms with Gasteiger partial charge in [-0.2, -0.15) is 0 Å². The van der Waals surface area contributed by atoms with Crippen LogP contribution in [0, 0.1) is 5.82 Å². The van der Waals surface area contributed by atoms with Crippen LogP contribution in [-0.2, 0) is 29.8 Å². The molecule has 7 rings (SSSR count). The molecule has 0 unspecified atom stereocenters. The number of nitrogens with zero attached hydrogens (tertiary/aromatic N) is 2. The van der Waals surface area contributed by atoms with Crippen LogP contribution in [-0.4, -0.2) is 22.3 Å². The van der Waals surface area contributed by atoms with E-state index >= 15 is 0 Å². The fraction of sp³-hybridized carbons (Fsp3) is 0.156. The number of aromatic nitrogens is 1. The molecule has 1 aromatic heterocycles. The number of anilines is 1. The molecule has 1 amide bonds. The van der Waals surface area contributed by atoms with Gasteiger partial charge in [-0.25, -0.2) is 4.39 Å². The van der Waals surface area contributed by atoms with E-state index in [2.05, 4.69) is 34.1 Å². The molecule has 4 nitrogen and oxygen atoms in total. The third-order valence-electron chi connectivity index (χ3n) is 7.88. The Bertz CT molecular complexity index is 1630. The molecule has 0 fully saturated rings. The number of hydrogen-bond acceptors (Lipinski definition) is 2. The van der Waals surface area contributed by atoms with Gasteiger partial charge in [0.05, 0.1) is 17.9 Å². The highest BCUT2D eigenvalue weighted by Crippen LogP contribution is 2.53. The minimum absolute atomic E-state index is 0.0413. The summed E-state index contributed by atoms with van der Waals surface area (Å²) in [5, 5.41) is 1.13. The average Bonchev–Trinajstić information content (AvgIpc) is 3.42. The summed E-state index contributed by atoms with van der Waals surface area (Å²) < 4.78 is 15.0. The van der Waals surface area contributed by atoms with Crippen molar-refractivity contribution in [2.45, 2.75) is 25.0 Å². The maximum absolute atomic E-state index is 15.0. The van der Waals surface area contributed by atoms with Crippen LogP contribution in [0.1, 0.15) is 27.9 Å². The maximum atomic E-state index is 15.0. The standard InChI is InChI=1S/C32H26FN3O/c33-24-15-16-29-27(19-24)32(31(37)36(29)21-23-11-5-2-6-12-23)30-26(25-13-7-8-14-28(25)34-30)17-18-35(32)20-22-9-3-1-4-10-22/h1-16,19,34H,17-18,20-21H2/t32-/m0/s1. The van der Waals surface area contributed by atoms with E-state index in [0.29, 0.717) is 25.2 Å². The van der Waals surface area contributed by atoms with Crippen LogP contribution < -0.4 is 4.90 Å². The van der Waals surface area contributed by atoms with Crippen LogP contribution in [0.2, 0.25) is 0 Å². The van der Waals surface area contributed by atoms with Gasteiger partial charge in [0.2, 0.25) is 0 Å². The number of carbonyl (C=O) groups excluding carboxylic acids is 1. The van der Waals surface area contributed by atoms with Crippen molar-refractivity contribution >= 4 is 22.5 Å². The Kier molecular flexibility index (Phi) is 5.01. The van der Waals surface area contributed by atoms with Crippen molar-refractivity contribution < 1.29 is 9.18 Å². The topological polar surface area (TPSA) is 39.3 Å². The molecular formula is C32H26FN3O. The highest BCUT2D eigenvalue weighted by atomic mass is 19.1. The van der Waals surface area contributed by atoms with E-state index in [4.69, 9.17) is 0 Å². The van der Waals surface area contributed by atoms with E-state index in [1.54, 1.807) is 12.1 Å². The predicted molar refractivity (Wildman–Crippen MR) is 144 cm³/mol. The molecule has 4 aromatic carbocycles. The Balaban J connectivity index is 1.48. The van der Waals surface area contributed by atoms with Gasteiger partial charge in [-0.05, 0) is 47.4 Å². The monoisotopic (exact) mass is 487 g/mol. The van der Waals surface area contributed by atoms with Gasteiger partial charge in [0.1, 0.15) is 5.82 Å². The zero-order valence-electron chi connectivity index (χ0n) is 20.3. The quantitative estimate of drug-likeness (QED) is 0.330. The van der Waals surface area contributed by atoms with Gasteiger partial charge in [0, 0.05) is 29.6 Å². The fourth-order valence-electron chi connectivity index (χ4n) is 6.27. The Morgan fingerprint density at radius 3 is 2.24 bits per heavy atom. The number of amides is 1. The van der Waals surface area contributed by atoms with Crippen molar-refractivity contribution in [2.24, 2.45) is 0 Å². The summed E-state index contributed by atoms with van der Waals surface area (Å²) in [6.07, 6.45) is 0.810. The summed E-state index contributed by atoms with van der Waals surface area (Å²) in [6.45, 7) is 1.69. The summed E-state index contributed by atoms with van der Waals surface area (Å²) in [4.78, 5) is 22.5.